The lowest BCUT2D eigenvalue weighted by Crippen LogP contribution is -2.28. The average molecular weight is 448 g/mol. The van der Waals surface area contributed by atoms with Gasteiger partial charge in [0.1, 0.15) is 5.82 Å². The first-order chi connectivity index (χ1) is 14.7. The van der Waals surface area contributed by atoms with Crippen molar-refractivity contribution in [1.29, 1.82) is 0 Å². The Kier molecular flexibility index (Phi) is 6.69. The average Bonchev–Trinajstić information content (AvgIpc) is 3.18. The van der Waals surface area contributed by atoms with E-state index in [1.807, 2.05) is 6.07 Å². The molecular weight excluding hydrogens is 426 g/mol. The first-order valence-electron chi connectivity index (χ1n) is 9.46. The van der Waals surface area contributed by atoms with E-state index >= 15 is 0 Å². The fourth-order valence-electron chi connectivity index (χ4n) is 3.06. The monoisotopic (exact) mass is 448 g/mol. The number of alkyl halides is 2. The molecule has 0 radical (unpaired) electrons. The summed E-state index contributed by atoms with van der Waals surface area (Å²) in [6, 6.07) is 11.3. The summed E-state index contributed by atoms with van der Waals surface area (Å²) in [4.78, 5) is 16.6. The number of nitrogens with zero attached hydrogens (tertiary/aromatic N) is 2. The largest absolute Gasteiger partial charge is 0.352 e. The van der Waals surface area contributed by atoms with Crippen molar-refractivity contribution in [1.82, 2.24) is 14.9 Å². The van der Waals surface area contributed by atoms with Gasteiger partial charge in [0.2, 0.25) is 0 Å². The Bertz CT molecular complexity index is 1190. The number of aromatic nitrogens is 2. The number of carbonyl (C=O) groups excluding carboxylic acids is 1. The molecule has 2 N–H and O–H groups in total. The smallest absolute Gasteiger partial charge is 0.319 e. The minimum atomic E-state index is -3.92. The zero-order valence-electron chi connectivity index (χ0n) is 17.0. The number of halogens is 2. The van der Waals surface area contributed by atoms with Gasteiger partial charge in [-0.25, -0.2) is 13.4 Å². The second-order valence-corrected chi connectivity index (χ2v) is 8.61. The number of sulfonamides is 1. The molecule has 0 fully saturated rings. The van der Waals surface area contributed by atoms with Crippen LogP contribution in [0.3, 0.4) is 0 Å². The van der Waals surface area contributed by atoms with E-state index in [1.165, 1.54) is 24.5 Å². The zero-order valence-corrected chi connectivity index (χ0v) is 17.8. The molecule has 1 amide bonds. The van der Waals surface area contributed by atoms with E-state index in [1.54, 1.807) is 38.1 Å². The number of para-hydroxylation sites is 1. The molecule has 0 aliphatic carbocycles. The Balaban J connectivity index is 1.74. The molecule has 31 heavy (non-hydrogen) atoms. The van der Waals surface area contributed by atoms with Crippen molar-refractivity contribution in [3.05, 3.63) is 77.4 Å². The maximum atomic E-state index is 12.9. The van der Waals surface area contributed by atoms with Gasteiger partial charge in [0.05, 0.1) is 16.1 Å². The molecule has 0 spiro atoms. The molecule has 10 heteroatoms. The van der Waals surface area contributed by atoms with Crippen LogP contribution in [0.2, 0.25) is 0 Å². The summed E-state index contributed by atoms with van der Waals surface area (Å²) >= 11 is 0. The Labute approximate surface area is 179 Å². The summed E-state index contributed by atoms with van der Waals surface area (Å²) in [6.07, 6.45) is 2.53. The summed E-state index contributed by atoms with van der Waals surface area (Å²) in [5.41, 5.74) is 1.61. The van der Waals surface area contributed by atoms with E-state index in [-0.39, 0.29) is 34.9 Å². The second kappa shape index (κ2) is 9.25. The number of hydrogen-bond donors (Lipinski definition) is 2. The third-order valence-electron chi connectivity index (χ3n) is 4.64. The molecule has 1 aromatic heterocycles. The van der Waals surface area contributed by atoms with Crippen LogP contribution in [-0.2, 0) is 16.4 Å². The molecule has 0 aliphatic heterocycles. The Morgan fingerprint density at radius 3 is 2.65 bits per heavy atom. The molecule has 0 bridgehead atoms. The first-order valence-corrected chi connectivity index (χ1v) is 10.9. The van der Waals surface area contributed by atoms with Crippen molar-refractivity contribution in [2.24, 2.45) is 0 Å². The SMILES string of the molecule is Cc1ccc(C)c(S(=O)(=O)Nc2ccccc2C(=O)NCCc2nccn2C(F)F)c1. The van der Waals surface area contributed by atoms with E-state index in [9.17, 15) is 22.0 Å². The van der Waals surface area contributed by atoms with Gasteiger partial charge >= 0.3 is 6.55 Å². The van der Waals surface area contributed by atoms with Gasteiger partial charge in [-0.3, -0.25) is 14.1 Å². The Morgan fingerprint density at radius 2 is 1.90 bits per heavy atom. The van der Waals surface area contributed by atoms with E-state index in [2.05, 4.69) is 15.0 Å². The molecule has 1 heterocycles. The van der Waals surface area contributed by atoms with Gasteiger partial charge in [-0.15, -0.1) is 0 Å². The van der Waals surface area contributed by atoms with Gasteiger partial charge in [0.15, 0.2) is 0 Å². The molecule has 0 aliphatic rings. The number of amides is 1. The molecule has 0 unspecified atom stereocenters. The van der Waals surface area contributed by atoms with E-state index in [0.717, 1.165) is 10.1 Å². The lowest BCUT2D eigenvalue weighted by molar-refractivity contribution is 0.0670. The number of carbonyl (C=O) groups is 1. The van der Waals surface area contributed by atoms with Crippen LogP contribution in [0.15, 0.2) is 59.8 Å². The second-order valence-electron chi connectivity index (χ2n) is 6.95. The van der Waals surface area contributed by atoms with Gasteiger partial charge in [-0.05, 0) is 43.2 Å². The summed E-state index contributed by atoms with van der Waals surface area (Å²) in [6.45, 7) is 0.823. The van der Waals surface area contributed by atoms with Crippen LogP contribution >= 0.6 is 0 Å². The van der Waals surface area contributed by atoms with Gasteiger partial charge in [-0.2, -0.15) is 8.78 Å². The standard InChI is InChI=1S/C21H22F2N4O3S/c1-14-7-8-15(2)18(13-14)31(29,30)26-17-6-4-3-5-16(17)20(28)25-10-9-19-24-11-12-27(19)21(22)23/h3-8,11-13,21,26H,9-10H2,1-2H3,(H,25,28). The molecule has 0 atom stereocenters. The molecule has 0 saturated carbocycles. The van der Waals surface area contributed by atoms with Crippen LogP contribution in [0, 0.1) is 13.8 Å². The van der Waals surface area contributed by atoms with Gasteiger partial charge in [0, 0.05) is 25.4 Å². The number of aryl methyl sites for hydroxylation is 2. The van der Waals surface area contributed by atoms with Crippen LogP contribution < -0.4 is 10.0 Å². The molecular formula is C21H22F2N4O3S. The summed E-state index contributed by atoms with van der Waals surface area (Å²) in [5, 5.41) is 2.62. The Morgan fingerprint density at radius 1 is 1.16 bits per heavy atom. The number of rotatable bonds is 8. The lowest BCUT2D eigenvalue weighted by atomic mass is 10.1. The number of nitrogens with one attached hydrogen (secondary N) is 2. The van der Waals surface area contributed by atoms with E-state index in [4.69, 9.17) is 0 Å². The fourth-order valence-corrected chi connectivity index (χ4v) is 4.48. The van der Waals surface area contributed by atoms with Gasteiger partial charge in [0.25, 0.3) is 15.9 Å². The normalized spacial score (nSPS) is 11.5. The maximum absolute atomic E-state index is 12.9. The van der Waals surface area contributed by atoms with Crippen LogP contribution in [0.1, 0.15) is 33.9 Å². The molecule has 3 rings (SSSR count). The Hall–Kier alpha value is -3.27. The highest BCUT2D eigenvalue weighted by atomic mass is 32.2. The first kappa shape index (κ1) is 22.4. The predicted molar refractivity (Wildman–Crippen MR) is 113 cm³/mol. The van der Waals surface area contributed by atoms with Crippen LogP contribution in [0.4, 0.5) is 14.5 Å². The van der Waals surface area contributed by atoms with Crippen molar-refractivity contribution in [2.45, 2.75) is 31.7 Å². The highest BCUT2D eigenvalue weighted by Gasteiger charge is 2.20. The topological polar surface area (TPSA) is 93.1 Å². The minimum Gasteiger partial charge on any atom is -0.352 e. The number of hydrogen-bond acceptors (Lipinski definition) is 4. The molecule has 2 aromatic carbocycles. The minimum absolute atomic E-state index is 0.0562. The molecule has 0 saturated heterocycles. The van der Waals surface area contributed by atoms with Crippen LogP contribution in [0.25, 0.3) is 0 Å². The number of anilines is 1. The third-order valence-corrected chi connectivity index (χ3v) is 6.15. The fraction of sp³-hybridized carbons (Fsp3) is 0.238. The zero-order chi connectivity index (χ0) is 22.6. The van der Waals surface area contributed by atoms with Crippen molar-refractivity contribution in [3.8, 4) is 0 Å². The maximum Gasteiger partial charge on any atom is 0.319 e. The van der Waals surface area contributed by atoms with Crippen molar-refractivity contribution >= 4 is 21.6 Å². The van der Waals surface area contributed by atoms with Crippen LogP contribution in [-0.4, -0.2) is 30.4 Å². The summed E-state index contributed by atoms with van der Waals surface area (Å²) in [7, 11) is -3.92. The predicted octanol–water partition coefficient (Wildman–Crippen LogP) is 3.67. The number of imidazole rings is 1. The summed E-state index contributed by atoms with van der Waals surface area (Å²) < 4.78 is 54.8. The van der Waals surface area contributed by atoms with Gasteiger partial charge < -0.3 is 5.32 Å². The lowest BCUT2D eigenvalue weighted by Gasteiger charge is -2.14. The van der Waals surface area contributed by atoms with Crippen molar-refractivity contribution in [3.63, 3.8) is 0 Å². The van der Waals surface area contributed by atoms with E-state index in [0.29, 0.717) is 5.56 Å². The highest BCUT2D eigenvalue weighted by molar-refractivity contribution is 7.92. The van der Waals surface area contributed by atoms with Crippen LogP contribution in [0.5, 0.6) is 0 Å². The van der Waals surface area contributed by atoms with Crippen molar-refractivity contribution in [2.75, 3.05) is 11.3 Å². The molecule has 164 valence electrons. The van der Waals surface area contributed by atoms with Gasteiger partial charge in [-0.1, -0.05) is 24.3 Å². The highest BCUT2D eigenvalue weighted by Crippen LogP contribution is 2.23. The summed E-state index contributed by atoms with van der Waals surface area (Å²) in [5.74, 6) is -0.395. The van der Waals surface area contributed by atoms with E-state index < -0.39 is 22.5 Å². The van der Waals surface area contributed by atoms with Crippen molar-refractivity contribution < 1.29 is 22.0 Å². The quantitative estimate of drug-likeness (QED) is 0.550. The molecule has 3 aromatic rings. The number of benzene rings is 2. The molecule has 7 nitrogen and oxygen atoms in total. The third kappa shape index (κ3) is 5.26.